The minimum atomic E-state index is -0.0545. The standard InChI is InChI=1S/C16H17ClN2O2S/c17-14-6-9-22-15(14)16(20)19(11-13-5-3-8-21-13)10-12-4-1-2-7-18-12/h1-2,4,6-7,9,13H,3,5,8,10-11H2/t13-/m0/s1. The molecular weight excluding hydrogens is 320 g/mol. The predicted molar refractivity (Wildman–Crippen MR) is 87.3 cm³/mol. The average molecular weight is 337 g/mol. The molecule has 1 atom stereocenters. The van der Waals surface area contributed by atoms with Crippen LogP contribution in [0, 0.1) is 0 Å². The maximum absolute atomic E-state index is 12.8. The van der Waals surface area contributed by atoms with Gasteiger partial charge in [0.1, 0.15) is 4.88 Å². The van der Waals surface area contributed by atoms with Crippen LogP contribution in [0.2, 0.25) is 5.02 Å². The second-order valence-electron chi connectivity index (χ2n) is 5.24. The first-order chi connectivity index (χ1) is 10.7. The van der Waals surface area contributed by atoms with Crippen molar-refractivity contribution in [3.63, 3.8) is 0 Å². The number of ether oxygens (including phenoxy) is 1. The van der Waals surface area contributed by atoms with E-state index in [0.717, 1.165) is 25.1 Å². The molecule has 2 aromatic heterocycles. The summed E-state index contributed by atoms with van der Waals surface area (Å²) >= 11 is 7.48. The van der Waals surface area contributed by atoms with Gasteiger partial charge in [-0.25, -0.2) is 0 Å². The van der Waals surface area contributed by atoms with Crippen LogP contribution in [0.15, 0.2) is 35.8 Å². The Balaban J connectivity index is 1.78. The second kappa shape index (κ2) is 7.22. The summed E-state index contributed by atoms with van der Waals surface area (Å²) in [6, 6.07) is 7.47. The molecule has 0 spiro atoms. The van der Waals surface area contributed by atoms with Gasteiger partial charge in [-0.05, 0) is 36.4 Å². The number of thiophene rings is 1. The molecular formula is C16H17ClN2O2S. The van der Waals surface area contributed by atoms with Crippen molar-refractivity contribution >= 4 is 28.8 Å². The van der Waals surface area contributed by atoms with Gasteiger partial charge in [-0.1, -0.05) is 17.7 Å². The van der Waals surface area contributed by atoms with Crippen LogP contribution >= 0.6 is 22.9 Å². The third-order valence-corrected chi connectivity index (χ3v) is 4.96. The first kappa shape index (κ1) is 15.5. The first-order valence-corrected chi connectivity index (χ1v) is 8.53. The van der Waals surface area contributed by atoms with E-state index in [1.165, 1.54) is 11.3 Å². The summed E-state index contributed by atoms with van der Waals surface area (Å²) < 4.78 is 5.68. The molecule has 1 amide bonds. The van der Waals surface area contributed by atoms with E-state index in [2.05, 4.69) is 4.98 Å². The molecule has 2 aromatic rings. The molecule has 0 saturated carbocycles. The Hall–Kier alpha value is -1.43. The van der Waals surface area contributed by atoms with Crippen molar-refractivity contribution in [1.82, 2.24) is 9.88 Å². The zero-order valence-corrected chi connectivity index (χ0v) is 13.6. The number of nitrogens with zero attached hydrogens (tertiary/aromatic N) is 2. The molecule has 0 unspecified atom stereocenters. The summed E-state index contributed by atoms with van der Waals surface area (Å²) in [7, 11) is 0. The minimum Gasteiger partial charge on any atom is -0.376 e. The fourth-order valence-electron chi connectivity index (χ4n) is 2.53. The lowest BCUT2D eigenvalue weighted by molar-refractivity contribution is 0.0508. The monoisotopic (exact) mass is 336 g/mol. The van der Waals surface area contributed by atoms with Crippen LogP contribution in [0.25, 0.3) is 0 Å². The second-order valence-corrected chi connectivity index (χ2v) is 6.56. The lowest BCUT2D eigenvalue weighted by Gasteiger charge is -2.25. The smallest absolute Gasteiger partial charge is 0.265 e. The quantitative estimate of drug-likeness (QED) is 0.837. The summed E-state index contributed by atoms with van der Waals surface area (Å²) in [5.74, 6) is -0.0545. The van der Waals surface area contributed by atoms with Crippen molar-refractivity contribution in [1.29, 1.82) is 0 Å². The van der Waals surface area contributed by atoms with Crippen molar-refractivity contribution in [3.8, 4) is 0 Å². The molecule has 6 heteroatoms. The van der Waals surface area contributed by atoms with E-state index < -0.39 is 0 Å². The van der Waals surface area contributed by atoms with E-state index in [0.29, 0.717) is 23.0 Å². The van der Waals surface area contributed by atoms with Crippen LogP contribution in [0.4, 0.5) is 0 Å². The Morgan fingerprint density at radius 3 is 3.00 bits per heavy atom. The highest BCUT2D eigenvalue weighted by molar-refractivity contribution is 7.12. The van der Waals surface area contributed by atoms with Crippen LogP contribution in [-0.4, -0.2) is 35.0 Å². The zero-order valence-electron chi connectivity index (χ0n) is 12.1. The lowest BCUT2D eigenvalue weighted by atomic mass is 10.2. The minimum absolute atomic E-state index is 0.0545. The fraction of sp³-hybridized carbons (Fsp3) is 0.375. The van der Waals surface area contributed by atoms with E-state index in [1.54, 1.807) is 17.2 Å². The van der Waals surface area contributed by atoms with Crippen molar-refractivity contribution in [3.05, 3.63) is 51.4 Å². The van der Waals surface area contributed by atoms with Crippen molar-refractivity contribution in [2.24, 2.45) is 0 Å². The summed E-state index contributed by atoms with van der Waals surface area (Å²) in [5.41, 5.74) is 0.863. The largest absolute Gasteiger partial charge is 0.376 e. The molecule has 0 radical (unpaired) electrons. The highest BCUT2D eigenvalue weighted by Gasteiger charge is 2.25. The molecule has 3 rings (SSSR count). The average Bonchev–Trinajstić information content (AvgIpc) is 3.18. The Labute approximate surface area is 138 Å². The van der Waals surface area contributed by atoms with Gasteiger partial charge in [0.05, 0.1) is 23.4 Å². The van der Waals surface area contributed by atoms with E-state index in [1.807, 2.05) is 23.6 Å². The van der Waals surface area contributed by atoms with E-state index in [4.69, 9.17) is 16.3 Å². The molecule has 1 saturated heterocycles. The molecule has 0 aliphatic carbocycles. The zero-order chi connectivity index (χ0) is 15.4. The molecule has 0 aromatic carbocycles. The highest BCUT2D eigenvalue weighted by Crippen LogP contribution is 2.25. The van der Waals surface area contributed by atoms with Crippen LogP contribution in [0.5, 0.6) is 0 Å². The van der Waals surface area contributed by atoms with Gasteiger partial charge in [-0.15, -0.1) is 11.3 Å². The van der Waals surface area contributed by atoms with Crippen LogP contribution in [0.3, 0.4) is 0 Å². The lowest BCUT2D eigenvalue weighted by Crippen LogP contribution is -2.36. The normalized spacial score (nSPS) is 17.6. The van der Waals surface area contributed by atoms with E-state index in [9.17, 15) is 4.79 Å². The van der Waals surface area contributed by atoms with Gasteiger partial charge in [0, 0.05) is 19.3 Å². The molecule has 1 aliphatic heterocycles. The van der Waals surface area contributed by atoms with Gasteiger partial charge in [0.2, 0.25) is 0 Å². The molecule has 1 fully saturated rings. The highest BCUT2D eigenvalue weighted by atomic mass is 35.5. The van der Waals surface area contributed by atoms with Gasteiger partial charge in [-0.3, -0.25) is 9.78 Å². The summed E-state index contributed by atoms with van der Waals surface area (Å²) in [6.45, 7) is 1.81. The van der Waals surface area contributed by atoms with Gasteiger partial charge < -0.3 is 9.64 Å². The fourth-order valence-corrected chi connectivity index (χ4v) is 3.63. The SMILES string of the molecule is O=C(c1sccc1Cl)N(Cc1ccccn1)C[C@@H]1CCCO1. The maximum Gasteiger partial charge on any atom is 0.265 e. The first-order valence-electron chi connectivity index (χ1n) is 7.28. The van der Waals surface area contributed by atoms with E-state index >= 15 is 0 Å². The van der Waals surface area contributed by atoms with Crippen LogP contribution in [0.1, 0.15) is 28.2 Å². The summed E-state index contributed by atoms with van der Waals surface area (Å²) in [5, 5.41) is 2.34. The van der Waals surface area contributed by atoms with Gasteiger partial charge in [0.15, 0.2) is 0 Å². The Morgan fingerprint density at radius 2 is 2.36 bits per heavy atom. The molecule has 116 valence electrons. The Kier molecular flexibility index (Phi) is 5.08. The Bertz CT molecular complexity index is 626. The number of carbonyl (C=O) groups is 1. The number of amides is 1. The maximum atomic E-state index is 12.8. The topological polar surface area (TPSA) is 42.4 Å². The number of hydrogen-bond donors (Lipinski definition) is 0. The number of hydrogen-bond acceptors (Lipinski definition) is 4. The summed E-state index contributed by atoms with van der Waals surface area (Å²) in [6.07, 6.45) is 3.88. The molecule has 1 aliphatic rings. The number of halogens is 1. The number of pyridine rings is 1. The summed E-state index contributed by atoms with van der Waals surface area (Å²) in [4.78, 5) is 19.5. The van der Waals surface area contributed by atoms with Crippen LogP contribution in [-0.2, 0) is 11.3 Å². The van der Waals surface area contributed by atoms with Crippen molar-refractivity contribution < 1.29 is 9.53 Å². The van der Waals surface area contributed by atoms with Crippen molar-refractivity contribution in [2.45, 2.75) is 25.5 Å². The Morgan fingerprint density at radius 1 is 1.45 bits per heavy atom. The molecule has 22 heavy (non-hydrogen) atoms. The number of carbonyl (C=O) groups excluding carboxylic acids is 1. The third kappa shape index (κ3) is 3.66. The molecule has 0 bridgehead atoms. The third-order valence-electron chi connectivity index (χ3n) is 3.63. The van der Waals surface area contributed by atoms with Crippen molar-refractivity contribution in [2.75, 3.05) is 13.2 Å². The number of aromatic nitrogens is 1. The predicted octanol–water partition coefficient (Wildman–Crippen LogP) is 3.62. The van der Waals surface area contributed by atoms with E-state index in [-0.39, 0.29) is 12.0 Å². The van der Waals surface area contributed by atoms with Gasteiger partial charge in [-0.2, -0.15) is 0 Å². The van der Waals surface area contributed by atoms with Gasteiger partial charge in [0.25, 0.3) is 5.91 Å². The molecule has 4 nitrogen and oxygen atoms in total. The molecule has 0 N–H and O–H groups in total. The van der Waals surface area contributed by atoms with Crippen LogP contribution < -0.4 is 0 Å². The molecule has 3 heterocycles. The number of rotatable bonds is 5. The van der Waals surface area contributed by atoms with Gasteiger partial charge >= 0.3 is 0 Å².